The van der Waals surface area contributed by atoms with Gasteiger partial charge in [-0.25, -0.2) is 0 Å². The van der Waals surface area contributed by atoms with Crippen LogP contribution in [0.3, 0.4) is 0 Å². The van der Waals surface area contributed by atoms with Crippen LogP contribution in [-0.2, 0) is 0 Å². The molecular formula is C14H15BrNO-. The first-order valence-electron chi connectivity index (χ1n) is 6.01. The van der Waals surface area contributed by atoms with Crippen LogP contribution in [0.2, 0.25) is 0 Å². The molecule has 1 saturated carbocycles. The van der Waals surface area contributed by atoms with Gasteiger partial charge in [0.2, 0.25) is 0 Å². The van der Waals surface area contributed by atoms with Gasteiger partial charge in [-0.15, -0.1) is 0 Å². The molecule has 0 heterocycles. The third-order valence-electron chi connectivity index (χ3n) is 4.07. The molecule has 2 nitrogen and oxygen atoms in total. The molecule has 2 aliphatic carbocycles. The number of allylic oxidation sites excluding steroid dienone is 2. The minimum atomic E-state index is 0.460. The zero-order chi connectivity index (χ0) is 12.2. The molecule has 2 aliphatic rings. The fraction of sp³-hybridized carbons (Fsp3) is 0.429. The van der Waals surface area contributed by atoms with Gasteiger partial charge >= 0.3 is 0 Å². The summed E-state index contributed by atoms with van der Waals surface area (Å²) >= 11 is 3.63. The number of hydroxylamine groups is 1. The van der Waals surface area contributed by atoms with Crippen molar-refractivity contribution in [2.75, 3.05) is 12.1 Å². The topological polar surface area (TPSA) is 26.3 Å². The van der Waals surface area contributed by atoms with E-state index in [4.69, 9.17) is 0 Å². The molecular weight excluding hydrogens is 278 g/mol. The van der Waals surface area contributed by atoms with E-state index in [1.54, 1.807) is 7.05 Å². The van der Waals surface area contributed by atoms with Crippen molar-refractivity contribution in [3.63, 3.8) is 0 Å². The fourth-order valence-electron chi connectivity index (χ4n) is 3.52. The molecule has 0 aromatic heterocycles. The number of hydrogen-bond donors (Lipinski definition) is 0. The quantitative estimate of drug-likeness (QED) is 0.723. The van der Waals surface area contributed by atoms with Crippen molar-refractivity contribution in [1.82, 2.24) is 0 Å². The number of benzene rings is 1. The van der Waals surface area contributed by atoms with E-state index in [9.17, 15) is 5.21 Å². The third-order valence-corrected chi connectivity index (χ3v) is 4.53. The average molecular weight is 293 g/mol. The van der Waals surface area contributed by atoms with Crippen LogP contribution in [0, 0.1) is 5.21 Å². The summed E-state index contributed by atoms with van der Waals surface area (Å²) in [4.78, 5) is 0. The van der Waals surface area contributed by atoms with Crippen molar-refractivity contribution in [3.8, 4) is 0 Å². The van der Waals surface area contributed by atoms with Crippen molar-refractivity contribution < 1.29 is 0 Å². The Bertz CT molecular complexity index is 503. The number of halogens is 1. The molecule has 0 radical (unpaired) electrons. The molecule has 2 bridgehead atoms. The number of anilines is 1. The standard InChI is InChI=1S/C14H15BrNO/c1-8(15)13-10-6-7-11(13)14-9(10)4-3-5-12(14)16(2)17/h3-5,10-11H,6-7H2,1-2H3/q-1. The molecule has 0 saturated heterocycles. The van der Waals surface area contributed by atoms with E-state index in [0.717, 1.165) is 10.8 Å². The lowest BCUT2D eigenvalue weighted by Crippen LogP contribution is -2.11. The lowest BCUT2D eigenvalue weighted by atomic mass is 9.90. The number of rotatable bonds is 1. The van der Waals surface area contributed by atoms with E-state index in [1.807, 2.05) is 12.1 Å². The summed E-state index contributed by atoms with van der Waals surface area (Å²) in [7, 11) is 1.59. The van der Waals surface area contributed by atoms with Crippen LogP contribution in [0.4, 0.5) is 5.69 Å². The fourth-order valence-corrected chi connectivity index (χ4v) is 4.07. The van der Waals surface area contributed by atoms with Crippen LogP contribution >= 0.6 is 15.9 Å². The van der Waals surface area contributed by atoms with Crippen LogP contribution in [0.5, 0.6) is 0 Å². The predicted octanol–water partition coefficient (Wildman–Crippen LogP) is 4.26. The zero-order valence-electron chi connectivity index (χ0n) is 10.0. The summed E-state index contributed by atoms with van der Waals surface area (Å²) in [6.45, 7) is 2.12. The van der Waals surface area contributed by atoms with E-state index in [-0.39, 0.29) is 0 Å². The summed E-state index contributed by atoms with van der Waals surface area (Å²) in [6, 6.07) is 6.13. The second-order valence-electron chi connectivity index (χ2n) is 4.95. The maximum atomic E-state index is 11.6. The molecule has 17 heavy (non-hydrogen) atoms. The molecule has 0 amide bonds. The minimum Gasteiger partial charge on any atom is -0.758 e. The lowest BCUT2D eigenvalue weighted by molar-refractivity contribution is 0.717. The van der Waals surface area contributed by atoms with Gasteiger partial charge in [-0.1, -0.05) is 28.1 Å². The Hall–Kier alpha value is -0.800. The molecule has 3 rings (SSSR count). The smallest absolute Gasteiger partial charge is 0.0298 e. The highest BCUT2D eigenvalue weighted by atomic mass is 79.9. The Labute approximate surface area is 110 Å². The van der Waals surface area contributed by atoms with Gasteiger partial charge in [-0.2, -0.15) is 0 Å². The average Bonchev–Trinajstić information content (AvgIpc) is 2.84. The molecule has 1 fully saturated rings. The van der Waals surface area contributed by atoms with Crippen molar-refractivity contribution in [2.45, 2.75) is 31.6 Å². The van der Waals surface area contributed by atoms with Gasteiger partial charge in [-0.3, -0.25) is 0 Å². The molecule has 0 spiro atoms. The maximum Gasteiger partial charge on any atom is 0.0298 e. The number of hydrogen-bond acceptors (Lipinski definition) is 2. The second kappa shape index (κ2) is 3.85. The summed E-state index contributed by atoms with van der Waals surface area (Å²) in [6.07, 6.45) is 2.41. The van der Waals surface area contributed by atoms with Crippen molar-refractivity contribution in [3.05, 3.63) is 44.6 Å². The second-order valence-corrected chi connectivity index (χ2v) is 6.14. The third kappa shape index (κ3) is 1.49. The summed E-state index contributed by atoms with van der Waals surface area (Å²) in [5.74, 6) is 0.997. The van der Waals surface area contributed by atoms with E-state index >= 15 is 0 Å². The summed E-state index contributed by atoms with van der Waals surface area (Å²) in [5.41, 5.74) is 4.99. The highest BCUT2D eigenvalue weighted by molar-refractivity contribution is 9.11. The normalized spacial score (nSPS) is 28.2. The monoisotopic (exact) mass is 292 g/mol. The molecule has 0 N–H and O–H groups in total. The van der Waals surface area contributed by atoms with Crippen LogP contribution in [0.25, 0.3) is 0 Å². The largest absolute Gasteiger partial charge is 0.758 e. The van der Waals surface area contributed by atoms with Gasteiger partial charge in [-0.05, 0) is 54.1 Å². The lowest BCUT2D eigenvalue weighted by Gasteiger charge is -2.30. The van der Waals surface area contributed by atoms with Crippen LogP contribution in [-0.4, -0.2) is 7.05 Å². The van der Waals surface area contributed by atoms with E-state index in [2.05, 4.69) is 28.9 Å². The van der Waals surface area contributed by atoms with Gasteiger partial charge < -0.3 is 10.3 Å². The number of nitrogens with zero attached hydrogens (tertiary/aromatic N) is 1. The highest BCUT2D eigenvalue weighted by Gasteiger charge is 2.43. The van der Waals surface area contributed by atoms with Crippen molar-refractivity contribution >= 4 is 21.6 Å². The van der Waals surface area contributed by atoms with Gasteiger partial charge in [0.05, 0.1) is 0 Å². The zero-order valence-corrected chi connectivity index (χ0v) is 11.6. The Morgan fingerprint density at radius 3 is 2.71 bits per heavy atom. The highest BCUT2D eigenvalue weighted by Crippen LogP contribution is 2.60. The maximum absolute atomic E-state index is 11.6. The van der Waals surface area contributed by atoms with Gasteiger partial charge in [0.1, 0.15) is 0 Å². The minimum absolute atomic E-state index is 0.460. The Morgan fingerprint density at radius 2 is 2.06 bits per heavy atom. The summed E-state index contributed by atoms with van der Waals surface area (Å²) in [5, 5.41) is 12.6. The van der Waals surface area contributed by atoms with Gasteiger partial charge in [0, 0.05) is 17.5 Å². The van der Waals surface area contributed by atoms with E-state index in [1.165, 1.54) is 34.0 Å². The van der Waals surface area contributed by atoms with E-state index < -0.39 is 0 Å². The molecule has 0 aliphatic heterocycles. The van der Waals surface area contributed by atoms with Crippen LogP contribution < -0.4 is 5.06 Å². The Morgan fingerprint density at radius 1 is 1.35 bits per heavy atom. The van der Waals surface area contributed by atoms with Gasteiger partial charge in [0.15, 0.2) is 0 Å². The number of fused-ring (bicyclic) bond motifs is 5. The van der Waals surface area contributed by atoms with Crippen LogP contribution in [0.15, 0.2) is 28.3 Å². The Balaban J connectivity index is 2.22. The molecule has 1 aromatic carbocycles. The summed E-state index contributed by atoms with van der Waals surface area (Å²) < 4.78 is 1.25. The molecule has 2 unspecified atom stereocenters. The first kappa shape index (κ1) is 11.3. The first-order valence-corrected chi connectivity index (χ1v) is 6.80. The molecule has 3 heteroatoms. The molecule has 2 atom stereocenters. The SMILES string of the molecule is CC(Br)=C1C2CCC1c1c2cccc1N(C)[O-]. The van der Waals surface area contributed by atoms with E-state index in [0.29, 0.717) is 11.8 Å². The Kier molecular flexibility index (Phi) is 2.56. The predicted molar refractivity (Wildman–Crippen MR) is 74.6 cm³/mol. The first-order chi connectivity index (χ1) is 8.11. The van der Waals surface area contributed by atoms with Crippen LogP contribution in [0.1, 0.15) is 42.7 Å². The van der Waals surface area contributed by atoms with Crippen molar-refractivity contribution in [2.24, 2.45) is 0 Å². The molecule has 1 aromatic rings. The van der Waals surface area contributed by atoms with Gasteiger partial charge in [0.25, 0.3) is 0 Å². The van der Waals surface area contributed by atoms with Crippen molar-refractivity contribution in [1.29, 1.82) is 0 Å². The molecule has 90 valence electrons.